The van der Waals surface area contributed by atoms with E-state index in [0.29, 0.717) is 48.6 Å². The number of nitrogens with zero attached hydrogens (tertiary/aromatic N) is 5. The maximum atomic E-state index is 14.1. The first kappa shape index (κ1) is 33.0. The second-order valence-corrected chi connectivity index (χ2v) is 13.3. The van der Waals surface area contributed by atoms with Gasteiger partial charge in [0.2, 0.25) is 0 Å². The highest BCUT2D eigenvalue weighted by Gasteiger charge is 2.34. The van der Waals surface area contributed by atoms with Crippen LogP contribution in [0.15, 0.2) is 79.6 Å². The summed E-state index contributed by atoms with van der Waals surface area (Å²) in [5.74, 6) is -0.188. The first-order valence-electron chi connectivity index (χ1n) is 15.1. The first-order chi connectivity index (χ1) is 22.0. The highest BCUT2D eigenvalue weighted by molar-refractivity contribution is 7.99. The van der Waals surface area contributed by atoms with E-state index >= 15 is 0 Å². The van der Waals surface area contributed by atoms with Crippen LogP contribution >= 0.6 is 23.1 Å². The molecule has 10 nitrogen and oxygen atoms in total. The molecular formula is C34H35N5O5S2. The molecule has 238 valence electrons. The van der Waals surface area contributed by atoms with Crippen LogP contribution in [-0.4, -0.2) is 32.0 Å². The van der Waals surface area contributed by atoms with Crippen LogP contribution in [0.2, 0.25) is 0 Å². The fourth-order valence-electron chi connectivity index (χ4n) is 5.34. The van der Waals surface area contributed by atoms with Crippen molar-refractivity contribution in [2.75, 3.05) is 6.61 Å². The minimum Gasteiger partial charge on any atom is -0.463 e. The second kappa shape index (κ2) is 13.9. The monoisotopic (exact) mass is 657 g/mol. The lowest BCUT2D eigenvalue weighted by Crippen LogP contribution is -2.40. The SMILES string of the molecule is CCCC1=C(C(=O)OCC)[C@@H](c2ccc(C(C)C)cc2)n2c(s/c(=C/c3ccc(Sc4nc(C)cc(C)n4)c([N+](=O)[O-])c3)c2=O)=N1. The Morgan fingerprint density at radius 2 is 1.80 bits per heavy atom. The van der Waals surface area contributed by atoms with Crippen molar-refractivity contribution in [3.05, 3.63) is 118 Å². The van der Waals surface area contributed by atoms with E-state index in [1.165, 1.54) is 17.4 Å². The van der Waals surface area contributed by atoms with Crippen molar-refractivity contribution in [1.29, 1.82) is 0 Å². The largest absolute Gasteiger partial charge is 0.463 e. The topological polar surface area (TPSA) is 130 Å². The zero-order chi connectivity index (χ0) is 33.1. The third-order valence-corrected chi connectivity index (χ3v) is 9.36. The molecule has 2 aromatic heterocycles. The summed E-state index contributed by atoms with van der Waals surface area (Å²) in [6, 6.07) is 13.8. The van der Waals surface area contributed by atoms with Gasteiger partial charge in [0.1, 0.15) is 0 Å². The number of nitro benzene ring substituents is 1. The van der Waals surface area contributed by atoms with Gasteiger partial charge in [-0.15, -0.1) is 0 Å². The summed E-state index contributed by atoms with van der Waals surface area (Å²) in [6.45, 7) is 11.8. The molecule has 3 heterocycles. The van der Waals surface area contributed by atoms with Crippen molar-refractivity contribution in [3.8, 4) is 0 Å². The van der Waals surface area contributed by atoms with Crippen molar-refractivity contribution in [2.45, 2.75) is 76.4 Å². The highest BCUT2D eigenvalue weighted by Crippen LogP contribution is 2.35. The van der Waals surface area contributed by atoms with Gasteiger partial charge in [0.25, 0.3) is 11.2 Å². The lowest BCUT2D eigenvalue weighted by Gasteiger charge is -2.26. The van der Waals surface area contributed by atoms with E-state index in [-0.39, 0.29) is 17.9 Å². The van der Waals surface area contributed by atoms with Gasteiger partial charge in [0, 0.05) is 17.5 Å². The van der Waals surface area contributed by atoms with Crippen LogP contribution in [0.25, 0.3) is 6.08 Å². The molecule has 0 fully saturated rings. The Hall–Kier alpha value is -4.42. The number of hydrogen-bond donors (Lipinski definition) is 0. The van der Waals surface area contributed by atoms with E-state index in [1.54, 1.807) is 29.7 Å². The summed E-state index contributed by atoms with van der Waals surface area (Å²) in [5, 5.41) is 12.5. The number of thiazole rings is 1. The number of ether oxygens (including phenoxy) is 1. The molecule has 0 spiro atoms. The van der Waals surface area contributed by atoms with E-state index in [9.17, 15) is 19.7 Å². The Morgan fingerprint density at radius 3 is 2.41 bits per heavy atom. The minimum atomic E-state index is -0.730. The number of hydrogen-bond acceptors (Lipinski definition) is 10. The molecule has 0 aliphatic carbocycles. The molecule has 12 heteroatoms. The molecule has 46 heavy (non-hydrogen) atoms. The molecule has 0 saturated carbocycles. The molecule has 1 aliphatic heterocycles. The number of esters is 1. The normalized spacial score (nSPS) is 14.8. The second-order valence-electron chi connectivity index (χ2n) is 11.3. The smallest absolute Gasteiger partial charge is 0.338 e. The molecule has 2 aromatic carbocycles. The number of carbonyl (C=O) groups excluding carboxylic acids is 1. The number of nitro groups is 1. The zero-order valence-electron chi connectivity index (χ0n) is 26.6. The van der Waals surface area contributed by atoms with Gasteiger partial charge in [-0.2, -0.15) is 0 Å². The zero-order valence-corrected chi connectivity index (χ0v) is 28.2. The third kappa shape index (κ3) is 6.87. The minimum absolute atomic E-state index is 0.118. The third-order valence-electron chi connectivity index (χ3n) is 7.45. The van der Waals surface area contributed by atoms with Gasteiger partial charge >= 0.3 is 5.97 Å². The molecule has 0 radical (unpaired) electrons. The maximum Gasteiger partial charge on any atom is 0.338 e. The number of aryl methyl sites for hydroxylation is 2. The van der Waals surface area contributed by atoms with Crippen LogP contribution in [0, 0.1) is 24.0 Å². The number of benzene rings is 2. The highest BCUT2D eigenvalue weighted by atomic mass is 32.2. The number of allylic oxidation sites excluding steroid dienone is 1. The van der Waals surface area contributed by atoms with E-state index in [4.69, 9.17) is 9.73 Å². The number of rotatable bonds is 10. The van der Waals surface area contributed by atoms with Gasteiger partial charge in [0.05, 0.1) is 38.3 Å². The van der Waals surface area contributed by atoms with Crippen LogP contribution in [0.1, 0.15) is 80.6 Å². The Morgan fingerprint density at radius 1 is 1.11 bits per heavy atom. The Balaban J connectivity index is 1.65. The van der Waals surface area contributed by atoms with Crippen LogP contribution < -0.4 is 14.9 Å². The molecule has 1 aliphatic rings. The Labute approximate surface area is 274 Å². The fraction of sp³-hybridized carbons (Fsp3) is 0.324. The lowest BCUT2D eigenvalue weighted by molar-refractivity contribution is -0.387. The summed E-state index contributed by atoms with van der Waals surface area (Å²) in [5.41, 5.74) is 4.42. The maximum absolute atomic E-state index is 14.1. The summed E-state index contributed by atoms with van der Waals surface area (Å²) in [4.78, 5) is 53.6. The van der Waals surface area contributed by atoms with Gasteiger partial charge in [-0.25, -0.2) is 19.8 Å². The van der Waals surface area contributed by atoms with Crippen molar-refractivity contribution in [2.24, 2.45) is 4.99 Å². The van der Waals surface area contributed by atoms with E-state index in [1.807, 2.05) is 51.1 Å². The standard InChI is InChI=1S/C34H35N5O5S2/c1-7-9-25-29(32(41)44-8-2)30(24-13-11-23(12-14-24)19(3)4)38-31(40)28(46-34(38)37-25)18-22-10-15-27(26(17-22)39(42)43)45-33-35-20(5)16-21(6)36-33/h10-19,30H,7-9H2,1-6H3/b28-18+/t30-/m1/s1. The van der Waals surface area contributed by atoms with E-state index < -0.39 is 16.9 Å². The predicted molar refractivity (Wildman–Crippen MR) is 179 cm³/mol. The number of aromatic nitrogens is 3. The molecule has 0 N–H and O–H groups in total. The Kier molecular flexibility index (Phi) is 9.97. The van der Waals surface area contributed by atoms with Crippen LogP contribution in [0.3, 0.4) is 0 Å². The van der Waals surface area contributed by atoms with Crippen LogP contribution in [0.5, 0.6) is 0 Å². The van der Waals surface area contributed by atoms with Gasteiger partial charge in [-0.3, -0.25) is 19.5 Å². The summed E-state index contributed by atoms with van der Waals surface area (Å²) < 4.78 is 7.37. The van der Waals surface area contributed by atoms with Crippen LogP contribution in [0.4, 0.5) is 5.69 Å². The molecule has 4 aromatic rings. The van der Waals surface area contributed by atoms with Crippen molar-refractivity contribution in [1.82, 2.24) is 14.5 Å². The van der Waals surface area contributed by atoms with Crippen molar-refractivity contribution < 1.29 is 14.5 Å². The average Bonchev–Trinajstić information content (AvgIpc) is 3.30. The molecule has 0 saturated heterocycles. The molecule has 0 bridgehead atoms. The predicted octanol–water partition coefficient (Wildman–Crippen LogP) is 6.17. The molecule has 5 rings (SSSR count). The first-order valence-corrected chi connectivity index (χ1v) is 16.7. The van der Waals surface area contributed by atoms with Crippen molar-refractivity contribution >= 4 is 40.8 Å². The molecule has 1 atom stereocenters. The van der Waals surface area contributed by atoms with E-state index in [2.05, 4.69) is 23.8 Å². The quantitative estimate of drug-likeness (QED) is 0.0857. The number of carbonyl (C=O) groups is 1. The van der Waals surface area contributed by atoms with Crippen LogP contribution in [-0.2, 0) is 9.53 Å². The van der Waals surface area contributed by atoms with Gasteiger partial charge in [-0.1, -0.05) is 68.9 Å². The molecule has 0 amide bonds. The van der Waals surface area contributed by atoms with Gasteiger partial charge < -0.3 is 4.74 Å². The lowest BCUT2D eigenvalue weighted by atomic mass is 9.92. The van der Waals surface area contributed by atoms with E-state index in [0.717, 1.165) is 40.7 Å². The molecule has 0 unspecified atom stereocenters. The molecular weight excluding hydrogens is 623 g/mol. The number of fused-ring (bicyclic) bond motifs is 1. The summed E-state index contributed by atoms with van der Waals surface area (Å²) >= 11 is 2.31. The fourth-order valence-corrected chi connectivity index (χ4v) is 7.31. The average molecular weight is 658 g/mol. The Bertz CT molecular complexity index is 2010. The summed E-state index contributed by atoms with van der Waals surface area (Å²) in [7, 11) is 0. The van der Waals surface area contributed by atoms with Crippen molar-refractivity contribution in [3.63, 3.8) is 0 Å². The summed E-state index contributed by atoms with van der Waals surface area (Å²) in [6.07, 6.45) is 2.91. The van der Waals surface area contributed by atoms with Gasteiger partial charge in [-0.05, 0) is 79.8 Å². The van der Waals surface area contributed by atoms with Gasteiger partial charge in [0.15, 0.2) is 9.96 Å².